The molecule has 1 aliphatic rings. The van der Waals surface area contributed by atoms with E-state index in [-0.39, 0.29) is 12.0 Å². The molecular weight excluding hydrogens is 206 g/mol. The van der Waals surface area contributed by atoms with Crippen molar-refractivity contribution in [3.05, 3.63) is 29.8 Å². The van der Waals surface area contributed by atoms with Crippen LogP contribution in [0.2, 0.25) is 0 Å². The summed E-state index contributed by atoms with van der Waals surface area (Å²) in [6.45, 7) is 0.462. The molecular formula is C12H15NO3. The molecule has 0 amide bonds. The summed E-state index contributed by atoms with van der Waals surface area (Å²) in [5.41, 5.74) is 6.41. The summed E-state index contributed by atoms with van der Waals surface area (Å²) < 4.78 is 5.58. The lowest BCUT2D eigenvalue weighted by atomic mass is 10.1. The molecule has 1 aromatic rings. The number of hydrogen-bond acceptors (Lipinski definition) is 3. The molecule has 0 radical (unpaired) electrons. The van der Waals surface area contributed by atoms with Gasteiger partial charge in [-0.1, -0.05) is 18.2 Å². The summed E-state index contributed by atoms with van der Waals surface area (Å²) in [6, 6.07) is 7.18. The number of aliphatic carboxylic acids is 1. The maximum atomic E-state index is 10.7. The topological polar surface area (TPSA) is 72.5 Å². The summed E-state index contributed by atoms with van der Waals surface area (Å²) in [4.78, 5) is 10.7. The van der Waals surface area contributed by atoms with E-state index in [1.807, 2.05) is 6.07 Å². The Bertz CT molecular complexity index is 399. The molecule has 0 bridgehead atoms. The number of carbonyl (C=O) groups is 1. The normalized spacial score (nSPS) is 16.8. The number of nitrogens with two attached hydrogens (primary N) is 1. The van der Waals surface area contributed by atoms with Crippen molar-refractivity contribution >= 4 is 5.97 Å². The Morgan fingerprint density at radius 2 is 2.12 bits per heavy atom. The van der Waals surface area contributed by atoms with Gasteiger partial charge in [0, 0.05) is 5.56 Å². The van der Waals surface area contributed by atoms with Crippen LogP contribution in [-0.2, 0) is 11.2 Å². The second kappa shape index (κ2) is 4.14. The summed E-state index contributed by atoms with van der Waals surface area (Å²) in [6.07, 6.45) is 1.94. The average Bonchev–Trinajstić information content (AvgIpc) is 2.95. The van der Waals surface area contributed by atoms with Gasteiger partial charge in [0.1, 0.15) is 12.4 Å². The van der Waals surface area contributed by atoms with E-state index >= 15 is 0 Å². The highest BCUT2D eigenvalue weighted by atomic mass is 16.5. The summed E-state index contributed by atoms with van der Waals surface area (Å²) in [5.74, 6) is -0.230. The van der Waals surface area contributed by atoms with E-state index in [9.17, 15) is 4.79 Å². The van der Waals surface area contributed by atoms with Crippen molar-refractivity contribution in [1.82, 2.24) is 0 Å². The third-order valence-corrected chi connectivity index (χ3v) is 2.72. The SMILES string of the molecule is NC1(COc2ccccc2CC(=O)O)CC1. The number of carboxylic acids is 1. The molecule has 1 saturated carbocycles. The van der Waals surface area contributed by atoms with E-state index < -0.39 is 5.97 Å². The molecule has 16 heavy (non-hydrogen) atoms. The standard InChI is InChI=1S/C12H15NO3/c13-12(5-6-12)8-16-10-4-2-1-3-9(10)7-11(14)15/h1-4H,5-8,13H2,(H,14,15). The fourth-order valence-electron chi connectivity index (χ4n) is 1.48. The molecule has 1 aliphatic carbocycles. The van der Waals surface area contributed by atoms with Gasteiger partial charge in [0.15, 0.2) is 0 Å². The highest BCUT2D eigenvalue weighted by molar-refractivity contribution is 5.71. The number of rotatable bonds is 5. The van der Waals surface area contributed by atoms with Crippen LogP contribution in [0.3, 0.4) is 0 Å². The Kier molecular flexibility index (Phi) is 2.83. The molecule has 86 valence electrons. The maximum Gasteiger partial charge on any atom is 0.307 e. The zero-order valence-electron chi connectivity index (χ0n) is 8.98. The van der Waals surface area contributed by atoms with Crippen LogP contribution in [0, 0.1) is 0 Å². The smallest absolute Gasteiger partial charge is 0.307 e. The third kappa shape index (κ3) is 2.73. The summed E-state index contributed by atoms with van der Waals surface area (Å²) >= 11 is 0. The Labute approximate surface area is 94.0 Å². The van der Waals surface area contributed by atoms with Gasteiger partial charge in [-0.15, -0.1) is 0 Å². The Morgan fingerprint density at radius 1 is 1.44 bits per heavy atom. The third-order valence-electron chi connectivity index (χ3n) is 2.72. The van der Waals surface area contributed by atoms with Crippen LogP contribution in [0.4, 0.5) is 0 Å². The minimum Gasteiger partial charge on any atom is -0.491 e. The lowest BCUT2D eigenvalue weighted by Crippen LogP contribution is -2.30. The van der Waals surface area contributed by atoms with E-state index in [0.717, 1.165) is 12.8 Å². The second-order valence-corrected chi connectivity index (χ2v) is 4.33. The van der Waals surface area contributed by atoms with Crippen LogP contribution in [0.1, 0.15) is 18.4 Å². The largest absolute Gasteiger partial charge is 0.491 e. The van der Waals surface area contributed by atoms with E-state index in [1.54, 1.807) is 18.2 Å². The quantitative estimate of drug-likeness (QED) is 0.783. The number of para-hydroxylation sites is 1. The highest BCUT2D eigenvalue weighted by Gasteiger charge is 2.39. The van der Waals surface area contributed by atoms with Crippen molar-refractivity contribution in [2.45, 2.75) is 24.8 Å². The zero-order valence-corrected chi connectivity index (χ0v) is 8.98. The molecule has 0 aromatic heterocycles. The first-order valence-electron chi connectivity index (χ1n) is 5.30. The molecule has 3 N–H and O–H groups in total. The number of benzene rings is 1. The van der Waals surface area contributed by atoms with Crippen molar-refractivity contribution in [3.63, 3.8) is 0 Å². The first kappa shape index (κ1) is 11.0. The molecule has 0 spiro atoms. The van der Waals surface area contributed by atoms with Crippen molar-refractivity contribution < 1.29 is 14.6 Å². The second-order valence-electron chi connectivity index (χ2n) is 4.33. The van der Waals surface area contributed by atoms with Crippen LogP contribution < -0.4 is 10.5 Å². The van der Waals surface area contributed by atoms with E-state index in [4.69, 9.17) is 15.6 Å². The fraction of sp³-hybridized carbons (Fsp3) is 0.417. The maximum absolute atomic E-state index is 10.7. The van der Waals surface area contributed by atoms with E-state index in [1.165, 1.54) is 0 Å². The van der Waals surface area contributed by atoms with Crippen LogP contribution in [0.15, 0.2) is 24.3 Å². The van der Waals surface area contributed by atoms with Crippen LogP contribution in [0.5, 0.6) is 5.75 Å². The molecule has 0 saturated heterocycles. The molecule has 0 heterocycles. The predicted octanol–water partition coefficient (Wildman–Crippen LogP) is 1.18. The molecule has 4 heteroatoms. The number of hydrogen-bond donors (Lipinski definition) is 2. The number of carboxylic acid groups (broad SMARTS) is 1. The van der Waals surface area contributed by atoms with Gasteiger partial charge in [0.2, 0.25) is 0 Å². The zero-order chi connectivity index (χ0) is 11.6. The summed E-state index contributed by atoms with van der Waals surface area (Å²) in [5, 5.41) is 8.75. The first-order chi connectivity index (χ1) is 7.59. The van der Waals surface area contributed by atoms with Crippen molar-refractivity contribution in [2.24, 2.45) is 5.73 Å². The van der Waals surface area contributed by atoms with E-state index in [0.29, 0.717) is 17.9 Å². The van der Waals surface area contributed by atoms with Gasteiger partial charge in [0.25, 0.3) is 0 Å². The van der Waals surface area contributed by atoms with Crippen molar-refractivity contribution in [2.75, 3.05) is 6.61 Å². The molecule has 2 rings (SSSR count). The molecule has 4 nitrogen and oxygen atoms in total. The molecule has 0 unspecified atom stereocenters. The Balaban J connectivity index is 2.03. The Morgan fingerprint density at radius 3 is 2.75 bits per heavy atom. The molecule has 1 fully saturated rings. The molecule has 0 aliphatic heterocycles. The monoisotopic (exact) mass is 221 g/mol. The van der Waals surface area contributed by atoms with Crippen molar-refractivity contribution in [3.8, 4) is 5.75 Å². The van der Waals surface area contributed by atoms with Gasteiger partial charge in [-0.3, -0.25) is 4.79 Å². The van der Waals surface area contributed by atoms with Crippen LogP contribution >= 0.6 is 0 Å². The van der Waals surface area contributed by atoms with Gasteiger partial charge in [-0.05, 0) is 18.9 Å². The fourth-order valence-corrected chi connectivity index (χ4v) is 1.48. The minimum atomic E-state index is -0.857. The van der Waals surface area contributed by atoms with Crippen LogP contribution in [-0.4, -0.2) is 23.2 Å². The van der Waals surface area contributed by atoms with E-state index in [2.05, 4.69) is 0 Å². The molecule has 1 aromatic carbocycles. The highest BCUT2D eigenvalue weighted by Crippen LogP contribution is 2.33. The molecule has 0 atom stereocenters. The van der Waals surface area contributed by atoms with Crippen molar-refractivity contribution in [1.29, 1.82) is 0 Å². The van der Waals surface area contributed by atoms with Gasteiger partial charge in [0.05, 0.1) is 12.0 Å². The minimum absolute atomic E-state index is 0.0201. The average molecular weight is 221 g/mol. The van der Waals surface area contributed by atoms with Crippen LogP contribution in [0.25, 0.3) is 0 Å². The number of ether oxygens (including phenoxy) is 1. The van der Waals surface area contributed by atoms with Gasteiger partial charge < -0.3 is 15.6 Å². The predicted molar refractivity (Wildman–Crippen MR) is 59.4 cm³/mol. The van der Waals surface area contributed by atoms with Gasteiger partial charge >= 0.3 is 5.97 Å². The first-order valence-corrected chi connectivity index (χ1v) is 5.30. The summed E-state index contributed by atoms with van der Waals surface area (Å²) in [7, 11) is 0. The Hall–Kier alpha value is -1.55. The lowest BCUT2D eigenvalue weighted by Gasteiger charge is -2.13. The lowest BCUT2D eigenvalue weighted by molar-refractivity contribution is -0.136. The van der Waals surface area contributed by atoms with Gasteiger partial charge in [-0.2, -0.15) is 0 Å². The van der Waals surface area contributed by atoms with Gasteiger partial charge in [-0.25, -0.2) is 0 Å².